The third-order valence-corrected chi connectivity index (χ3v) is 5.08. The first-order valence-corrected chi connectivity index (χ1v) is 10.00. The van der Waals surface area contributed by atoms with Crippen LogP contribution in [0.1, 0.15) is 48.1 Å². The van der Waals surface area contributed by atoms with E-state index in [1.165, 1.54) is 25.7 Å². The van der Waals surface area contributed by atoms with Crippen molar-refractivity contribution in [3.63, 3.8) is 0 Å². The van der Waals surface area contributed by atoms with Gasteiger partial charge in [0.25, 0.3) is 0 Å². The minimum atomic E-state index is -4.45. The van der Waals surface area contributed by atoms with Gasteiger partial charge in [-0.05, 0) is 30.5 Å². The molecule has 2 amide bonds. The predicted octanol–water partition coefficient (Wildman–Crippen LogP) is 3.25. The van der Waals surface area contributed by atoms with Gasteiger partial charge in [-0.1, -0.05) is 18.6 Å². The second-order valence-electron chi connectivity index (χ2n) is 7.28. The molecule has 0 radical (unpaired) electrons. The number of aromatic nitrogens is 3. The topological polar surface area (TPSA) is 81.1 Å². The molecular weight excluding hydrogens is 399 g/mol. The molecule has 0 saturated heterocycles. The van der Waals surface area contributed by atoms with Crippen LogP contribution in [-0.4, -0.2) is 41.1 Å². The predicted molar refractivity (Wildman–Crippen MR) is 104 cm³/mol. The molecule has 30 heavy (non-hydrogen) atoms. The maximum atomic E-state index is 13.0. The van der Waals surface area contributed by atoms with Gasteiger partial charge in [-0.25, -0.2) is 4.79 Å². The number of methoxy groups -OCH3 is 1. The monoisotopic (exact) mass is 425 g/mol. The number of rotatable bonds is 7. The van der Waals surface area contributed by atoms with Crippen molar-refractivity contribution in [2.24, 2.45) is 0 Å². The average Bonchev–Trinajstić information content (AvgIpc) is 2.93. The van der Waals surface area contributed by atoms with Gasteiger partial charge in [0.2, 0.25) is 0 Å². The lowest BCUT2D eigenvalue weighted by Gasteiger charge is -2.20. The van der Waals surface area contributed by atoms with Gasteiger partial charge in [0.05, 0.1) is 18.2 Å². The minimum Gasteiger partial charge on any atom is -0.382 e. The molecule has 3 rings (SSSR count). The summed E-state index contributed by atoms with van der Waals surface area (Å²) in [5.74, 6) is 1.81. The van der Waals surface area contributed by atoms with Crippen molar-refractivity contribution in [3.05, 3.63) is 47.0 Å². The molecule has 0 spiro atoms. The van der Waals surface area contributed by atoms with E-state index in [0.29, 0.717) is 18.5 Å². The molecule has 10 heteroatoms. The summed E-state index contributed by atoms with van der Waals surface area (Å²) >= 11 is 0. The molecule has 1 aliphatic heterocycles. The Hall–Kier alpha value is -2.62. The number of nitrogens with one attached hydrogen (secondary N) is 2. The zero-order chi connectivity index (χ0) is 21.6. The van der Waals surface area contributed by atoms with Crippen LogP contribution in [0.4, 0.5) is 18.0 Å². The molecule has 0 fully saturated rings. The first kappa shape index (κ1) is 22.1. The highest BCUT2D eigenvalue weighted by Crippen LogP contribution is 2.30. The van der Waals surface area contributed by atoms with Crippen LogP contribution in [0.25, 0.3) is 0 Å². The van der Waals surface area contributed by atoms with E-state index in [9.17, 15) is 18.0 Å². The quantitative estimate of drug-likeness (QED) is 0.714. The summed E-state index contributed by atoms with van der Waals surface area (Å²) in [6, 6.07) is 3.68. The summed E-state index contributed by atoms with van der Waals surface area (Å²) in [5.41, 5.74) is -0.444. The number of ether oxygens (including phenoxy) is 1. The molecule has 2 heterocycles. The Labute approximate surface area is 173 Å². The Morgan fingerprint density at radius 2 is 2.10 bits per heavy atom. The molecule has 2 N–H and O–H groups in total. The van der Waals surface area contributed by atoms with E-state index in [0.717, 1.165) is 49.6 Å². The standard InChI is InChI=1S/C20H26F3N5O2/c1-30-13-16(14-6-5-7-15(12-14)20(21,22)23)25-19(29)24-10-9-18-27-26-17-8-3-2-4-11-28(17)18/h5-7,12,16H,2-4,8-11,13H2,1H3,(H2,24,25,29). The molecule has 1 unspecified atom stereocenters. The molecule has 2 aromatic rings. The molecular formula is C20H26F3N5O2. The summed E-state index contributed by atoms with van der Waals surface area (Å²) in [6.07, 6.45) is 0.346. The summed E-state index contributed by atoms with van der Waals surface area (Å²) in [5, 5.41) is 13.9. The van der Waals surface area contributed by atoms with Crippen LogP contribution in [0.15, 0.2) is 24.3 Å². The highest BCUT2D eigenvalue weighted by Gasteiger charge is 2.31. The van der Waals surface area contributed by atoms with Gasteiger partial charge >= 0.3 is 12.2 Å². The van der Waals surface area contributed by atoms with Crippen molar-refractivity contribution < 1.29 is 22.7 Å². The number of carbonyl (C=O) groups is 1. The van der Waals surface area contributed by atoms with Crippen LogP contribution in [-0.2, 0) is 30.3 Å². The summed E-state index contributed by atoms with van der Waals surface area (Å²) < 4.78 is 46.1. The minimum absolute atomic E-state index is 0.0480. The van der Waals surface area contributed by atoms with E-state index < -0.39 is 23.8 Å². The molecule has 1 aromatic carbocycles. The number of hydrogen-bond donors (Lipinski definition) is 2. The summed E-state index contributed by atoms with van der Waals surface area (Å²) in [4.78, 5) is 12.3. The Kier molecular flexibility index (Phi) is 7.30. The molecule has 0 bridgehead atoms. The van der Waals surface area contributed by atoms with Crippen LogP contribution >= 0.6 is 0 Å². The first-order valence-electron chi connectivity index (χ1n) is 10.00. The number of halogens is 3. The smallest absolute Gasteiger partial charge is 0.382 e. The molecule has 0 saturated carbocycles. The fourth-order valence-corrected chi connectivity index (χ4v) is 3.55. The highest BCUT2D eigenvalue weighted by molar-refractivity contribution is 5.74. The van der Waals surface area contributed by atoms with Crippen molar-refractivity contribution in [1.82, 2.24) is 25.4 Å². The van der Waals surface area contributed by atoms with E-state index in [1.807, 2.05) is 0 Å². The lowest BCUT2D eigenvalue weighted by atomic mass is 10.0. The van der Waals surface area contributed by atoms with Crippen molar-refractivity contribution in [2.45, 2.75) is 50.9 Å². The number of alkyl halides is 3. The van der Waals surface area contributed by atoms with Crippen molar-refractivity contribution in [3.8, 4) is 0 Å². The van der Waals surface area contributed by atoms with Gasteiger partial charge in [-0.2, -0.15) is 13.2 Å². The number of hydrogen-bond acceptors (Lipinski definition) is 4. The van der Waals surface area contributed by atoms with Crippen molar-refractivity contribution >= 4 is 6.03 Å². The van der Waals surface area contributed by atoms with Crippen molar-refractivity contribution in [1.29, 1.82) is 0 Å². The molecule has 1 aromatic heterocycles. The summed E-state index contributed by atoms with van der Waals surface area (Å²) in [6.45, 7) is 1.27. The van der Waals surface area contributed by atoms with Gasteiger partial charge < -0.3 is 19.9 Å². The van der Waals surface area contributed by atoms with Crippen LogP contribution in [0.5, 0.6) is 0 Å². The Balaban J connectivity index is 1.57. The Bertz CT molecular complexity index is 853. The Morgan fingerprint density at radius 1 is 1.27 bits per heavy atom. The van der Waals surface area contributed by atoms with E-state index >= 15 is 0 Å². The number of nitrogens with zero attached hydrogens (tertiary/aromatic N) is 3. The van der Waals surface area contributed by atoms with E-state index in [2.05, 4.69) is 25.4 Å². The van der Waals surface area contributed by atoms with Gasteiger partial charge in [0.1, 0.15) is 11.6 Å². The van der Waals surface area contributed by atoms with Crippen molar-refractivity contribution in [2.75, 3.05) is 20.3 Å². The number of urea groups is 1. The normalized spacial score (nSPS) is 15.2. The van der Waals surface area contributed by atoms with E-state index in [4.69, 9.17) is 4.74 Å². The third kappa shape index (κ3) is 5.71. The van der Waals surface area contributed by atoms with Crippen LogP contribution < -0.4 is 10.6 Å². The highest BCUT2D eigenvalue weighted by atomic mass is 19.4. The van der Waals surface area contributed by atoms with Gasteiger partial charge in [0.15, 0.2) is 0 Å². The maximum Gasteiger partial charge on any atom is 0.416 e. The number of amides is 2. The molecule has 164 valence electrons. The zero-order valence-electron chi connectivity index (χ0n) is 16.8. The van der Waals surface area contributed by atoms with E-state index in [-0.39, 0.29) is 6.61 Å². The number of benzene rings is 1. The number of aryl methyl sites for hydroxylation is 1. The summed E-state index contributed by atoms with van der Waals surface area (Å²) in [7, 11) is 1.43. The fourth-order valence-electron chi connectivity index (χ4n) is 3.55. The first-order chi connectivity index (χ1) is 14.4. The lowest BCUT2D eigenvalue weighted by molar-refractivity contribution is -0.137. The van der Waals surface area contributed by atoms with Gasteiger partial charge in [-0.3, -0.25) is 0 Å². The zero-order valence-corrected chi connectivity index (χ0v) is 16.8. The SMILES string of the molecule is COCC(NC(=O)NCCc1nnc2n1CCCCC2)c1cccc(C(F)(F)F)c1. The number of fused-ring (bicyclic) bond motifs is 1. The largest absolute Gasteiger partial charge is 0.416 e. The average molecular weight is 425 g/mol. The maximum absolute atomic E-state index is 13.0. The third-order valence-electron chi connectivity index (χ3n) is 5.08. The fraction of sp³-hybridized carbons (Fsp3) is 0.550. The second-order valence-corrected chi connectivity index (χ2v) is 7.28. The molecule has 1 atom stereocenters. The lowest BCUT2D eigenvalue weighted by Crippen LogP contribution is -2.40. The Morgan fingerprint density at radius 3 is 2.87 bits per heavy atom. The number of carbonyl (C=O) groups excluding carboxylic acids is 1. The van der Waals surface area contributed by atoms with E-state index in [1.54, 1.807) is 0 Å². The second kappa shape index (κ2) is 9.92. The molecule has 0 aliphatic carbocycles. The molecule has 7 nitrogen and oxygen atoms in total. The molecule has 1 aliphatic rings. The van der Waals surface area contributed by atoms with Gasteiger partial charge in [0, 0.05) is 33.0 Å². The van der Waals surface area contributed by atoms with Crippen LogP contribution in [0, 0.1) is 0 Å². The van der Waals surface area contributed by atoms with Crippen LogP contribution in [0.3, 0.4) is 0 Å². The van der Waals surface area contributed by atoms with Gasteiger partial charge in [-0.15, -0.1) is 10.2 Å². The van der Waals surface area contributed by atoms with Crippen LogP contribution in [0.2, 0.25) is 0 Å².